The summed E-state index contributed by atoms with van der Waals surface area (Å²) in [6, 6.07) is 3.14. The third-order valence-electron chi connectivity index (χ3n) is 3.38. The van der Waals surface area contributed by atoms with Crippen LogP contribution in [0.15, 0.2) is 18.2 Å². The maximum absolute atomic E-state index is 13.4. The zero-order chi connectivity index (χ0) is 15.4. The summed E-state index contributed by atoms with van der Waals surface area (Å²) >= 11 is 0. The molecule has 1 fully saturated rings. The number of carbonyl (C=O) groups is 2. The molecular weight excluding hydrogens is 273 g/mol. The number of benzene rings is 1. The zero-order valence-electron chi connectivity index (χ0n) is 11.4. The van der Waals surface area contributed by atoms with Crippen LogP contribution in [-0.4, -0.2) is 35.8 Å². The van der Waals surface area contributed by atoms with Crippen molar-refractivity contribution in [2.75, 3.05) is 13.1 Å². The Morgan fingerprint density at radius 3 is 2.86 bits per heavy atom. The van der Waals surface area contributed by atoms with Gasteiger partial charge in [0.2, 0.25) is 5.91 Å². The number of primary amides is 1. The molecular formula is C15H16FN3O2. The molecule has 1 aliphatic rings. The molecule has 2 rings (SSSR count). The molecule has 1 aliphatic heterocycles. The molecule has 1 atom stereocenters. The van der Waals surface area contributed by atoms with Crippen molar-refractivity contribution in [2.45, 2.75) is 18.9 Å². The van der Waals surface area contributed by atoms with Gasteiger partial charge in [-0.25, -0.2) is 4.39 Å². The summed E-state index contributed by atoms with van der Waals surface area (Å²) in [7, 11) is 0. The second kappa shape index (κ2) is 6.37. The maximum Gasteiger partial charge on any atom is 0.255 e. The van der Waals surface area contributed by atoms with Crippen molar-refractivity contribution < 1.29 is 14.0 Å². The summed E-state index contributed by atoms with van der Waals surface area (Å²) in [4.78, 5) is 25.3. The van der Waals surface area contributed by atoms with Gasteiger partial charge >= 0.3 is 0 Å². The normalized spacial score (nSPS) is 17.2. The predicted molar refractivity (Wildman–Crippen MR) is 75.6 cm³/mol. The zero-order valence-corrected chi connectivity index (χ0v) is 11.4. The van der Waals surface area contributed by atoms with Gasteiger partial charge in [0.25, 0.3) is 5.91 Å². The molecule has 0 aromatic heterocycles. The molecule has 1 aromatic carbocycles. The van der Waals surface area contributed by atoms with Crippen LogP contribution in [0.2, 0.25) is 0 Å². The van der Waals surface area contributed by atoms with E-state index in [4.69, 9.17) is 11.5 Å². The molecule has 5 nitrogen and oxygen atoms in total. The third kappa shape index (κ3) is 3.20. The number of carbonyl (C=O) groups excluding carboxylic acids is 2. The molecule has 1 saturated heterocycles. The summed E-state index contributed by atoms with van der Waals surface area (Å²) in [5.74, 6) is 3.86. The average Bonchev–Trinajstić information content (AvgIpc) is 2.94. The number of halogens is 1. The van der Waals surface area contributed by atoms with Crippen molar-refractivity contribution in [1.29, 1.82) is 0 Å². The topological polar surface area (TPSA) is 89.4 Å². The number of hydrogen-bond donors (Lipinski definition) is 2. The summed E-state index contributed by atoms with van der Waals surface area (Å²) in [5.41, 5.74) is 11.1. The standard InChI is InChI=1S/C15H16FN3O2/c16-11-6-5-10(3-1-7-17)12(9-11)15(21)19-8-2-4-13(19)14(18)20/h5-6,9,13H,2,4,7-8,17H2,(H2,18,20). The highest BCUT2D eigenvalue weighted by Crippen LogP contribution is 2.22. The number of nitrogens with zero attached hydrogens (tertiary/aromatic N) is 1. The minimum atomic E-state index is -0.643. The first-order valence-electron chi connectivity index (χ1n) is 6.63. The van der Waals surface area contributed by atoms with Gasteiger partial charge in [-0.2, -0.15) is 0 Å². The molecule has 2 amide bonds. The van der Waals surface area contributed by atoms with Gasteiger partial charge < -0.3 is 16.4 Å². The first-order valence-corrected chi connectivity index (χ1v) is 6.63. The Balaban J connectivity index is 2.38. The van der Waals surface area contributed by atoms with Crippen LogP contribution in [-0.2, 0) is 4.79 Å². The van der Waals surface area contributed by atoms with Gasteiger partial charge in [-0.05, 0) is 31.0 Å². The van der Waals surface area contributed by atoms with E-state index >= 15 is 0 Å². The van der Waals surface area contributed by atoms with E-state index in [1.165, 1.54) is 17.0 Å². The van der Waals surface area contributed by atoms with Crippen LogP contribution in [0.4, 0.5) is 4.39 Å². The van der Waals surface area contributed by atoms with Gasteiger partial charge in [0.05, 0.1) is 12.1 Å². The van der Waals surface area contributed by atoms with Gasteiger partial charge in [-0.1, -0.05) is 11.8 Å². The van der Waals surface area contributed by atoms with E-state index in [0.29, 0.717) is 24.9 Å². The summed E-state index contributed by atoms with van der Waals surface area (Å²) in [6.45, 7) is 0.561. The molecule has 4 N–H and O–H groups in total. The van der Waals surface area contributed by atoms with Crippen molar-refractivity contribution in [3.05, 3.63) is 35.1 Å². The molecule has 1 unspecified atom stereocenters. The van der Waals surface area contributed by atoms with E-state index in [1.54, 1.807) is 0 Å². The van der Waals surface area contributed by atoms with Crippen LogP contribution in [0.1, 0.15) is 28.8 Å². The number of rotatable bonds is 2. The number of likely N-dealkylation sites (tertiary alicyclic amines) is 1. The molecule has 1 aromatic rings. The van der Waals surface area contributed by atoms with Gasteiger partial charge in [0.15, 0.2) is 0 Å². The van der Waals surface area contributed by atoms with Crippen molar-refractivity contribution in [3.63, 3.8) is 0 Å². The monoisotopic (exact) mass is 289 g/mol. The summed E-state index contributed by atoms with van der Waals surface area (Å²) < 4.78 is 13.4. The smallest absolute Gasteiger partial charge is 0.255 e. The van der Waals surface area contributed by atoms with Gasteiger partial charge in [-0.15, -0.1) is 0 Å². The van der Waals surface area contributed by atoms with Crippen LogP contribution < -0.4 is 11.5 Å². The lowest BCUT2D eigenvalue weighted by molar-refractivity contribution is -0.121. The fourth-order valence-corrected chi connectivity index (χ4v) is 2.41. The lowest BCUT2D eigenvalue weighted by Gasteiger charge is -2.22. The Labute approximate surface area is 122 Å². The van der Waals surface area contributed by atoms with Crippen molar-refractivity contribution >= 4 is 11.8 Å². The molecule has 0 radical (unpaired) electrons. The largest absolute Gasteiger partial charge is 0.368 e. The highest BCUT2D eigenvalue weighted by molar-refractivity contribution is 5.99. The molecule has 1 heterocycles. The Hall–Kier alpha value is -2.39. The SMILES string of the molecule is NCC#Cc1ccc(F)cc1C(=O)N1CCCC1C(N)=O. The van der Waals surface area contributed by atoms with E-state index < -0.39 is 23.7 Å². The Morgan fingerprint density at radius 2 is 2.19 bits per heavy atom. The first kappa shape index (κ1) is 15.0. The third-order valence-corrected chi connectivity index (χ3v) is 3.38. The van der Waals surface area contributed by atoms with Gasteiger partial charge in [0, 0.05) is 12.1 Å². The van der Waals surface area contributed by atoms with Crippen molar-refractivity contribution in [2.24, 2.45) is 11.5 Å². The van der Waals surface area contributed by atoms with Gasteiger partial charge in [-0.3, -0.25) is 9.59 Å². The van der Waals surface area contributed by atoms with E-state index in [-0.39, 0.29) is 12.1 Å². The van der Waals surface area contributed by atoms with Crippen molar-refractivity contribution in [1.82, 2.24) is 4.90 Å². The second-order valence-electron chi connectivity index (χ2n) is 4.75. The second-order valence-corrected chi connectivity index (χ2v) is 4.75. The number of amides is 2. The Kier molecular flexibility index (Phi) is 4.55. The highest BCUT2D eigenvalue weighted by atomic mass is 19.1. The maximum atomic E-state index is 13.4. The van der Waals surface area contributed by atoms with E-state index in [1.807, 2.05) is 0 Å². The Morgan fingerprint density at radius 1 is 1.43 bits per heavy atom. The van der Waals surface area contributed by atoms with Crippen LogP contribution in [0.25, 0.3) is 0 Å². The molecule has 0 aliphatic carbocycles. The molecule has 0 saturated carbocycles. The minimum Gasteiger partial charge on any atom is -0.368 e. The summed E-state index contributed by atoms with van der Waals surface area (Å²) in [5, 5.41) is 0. The molecule has 6 heteroatoms. The molecule has 0 spiro atoms. The van der Waals surface area contributed by atoms with E-state index in [2.05, 4.69) is 11.8 Å². The van der Waals surface area contributed by atoms with E-state index in [0.717, 1.165) is 6.07 Å². The molecule has 0 bridgehead atoms. The first-order chi connectivity index (χ1) is 10.0. The number of hydrogen-bond acceptors (Lipinski definition) is 3. The average molecular weight is 289 g/mol. The minimum absolute atomic E-state index is 0.129. The highest BCUT2D eigenvalue weighted by Gasteiger charge is 2.33. The fraction of sp³-hybridized carbons (Fsp3) is 0.333. The lowest BCUT2D eigenvalue weighted by Crippen LogP contribution is -2.43. The van der Waals surface area contributed by atoms with E-state index in [9.17, 15) is 14.0 Å². The summed E-state index contributed by atoms with van der Waals surface area (Å²) in [6.07, 6.45) is 1.22. The van der Waals surface area contributed by atoms with Crippen molar-refractivity contribution in [3.8, 4) is 11.8 Å². The van der Waals surface area contributed by atoms with Crippen LogP contribution >= 0.6 is 0 Å². The molecule has 21 heavy (non-hydrogen) atoms. The quantitative estimate of drug-likeness (QED) is 0.764. The van der Waals surface area contributed by atoms with Crippen LogP contribution in [0.3, 0.4) is 0 Å². The lowest BCUT2D eigenvalue weighted by atomic mass is 10.1. The number of nitrogens with two attached hydrogens (primary N) is 2. The van der Waals surface area contributed by atoms with Crippen LogP contribution in [0, 0.1) is 17.7 Å². The Bertz CT molecular complexity index is 634. The molecule has 110 valence electrons. The van der Waals surface area contributed by atoms with Crippen LogP contribution in [0.5, 0.6) is 0 Å². The van der Waals surface area contributed by atoms with Gasteiger partial charge in [0.1, 0.15) is 11.9 Å². The fourth-order valence-electron chi connectivity index (χ4n) is 2.41. The predicted octanol–water partition coefficient (Wildman–Crippen LogP) is 0.226.